The molecule has 0 aromatic heterocycles. The van der Waals surface area contributed by atoms with Crippen LogP contribution >= 0.6 is 0 Å². The van der Waals surface area contributed by atoms with Crippen molar-refractivity contribution in [1.82, 2.24) is 0 Å². The SMILES string of the molecule is CCCCCCC(CCCC)COc1ccc(C=O)cc1F. The molecule has 0 aliphatic carbocycles. The molecule has 1 unspecified atom stereocenters. The zero-order valence-electron chi connectivity index (χ0n) is 13.9. The highest BCUT2D eigenvalue weighted by Crippen LogP contribution is 2.22. The molecule has 22 heavy (non-hydrogen) atoms. The number of aldehydes is 1. The summed E-state index contributed by atoms with van der Waals surface area (Å²) < 4.78 is 19.5. The van der Waals surface area contributed by atoms with Gasteiger partial charge in [-0.1, -0.05) is 52.4 Å². The van der Waals surface area contributed by atoms with Crippen molar-refractivity contribution in [3.63, 3.8) is 0 Å². The molecule has 1 atom stereocenters. The van der Waals surface area contributed by atoms with Gasteiger partial charge in [-0.2, -0.15) is 0 Å². The number of carbonyl (C=O) groups excluding carboxylic acids is 1. The molecular weight excluding hydrogens is 279 g/mol. The first kappa shape index (κ1) is 18.7. The van der Waals surface area contributed by atoms with Crippen LogP contribution in [0.25, 0.3) is 0 Å². The van der Waals surface area contributed by atoms with Crippen molar-refractivity contribution in [2.75, 3.05) is 6.61 Å². The summed E-state index contributed by atoms with van der Waals surface area (Å²) in [5.74, 6) is 0.285. The largest absolute Gasteiger partial charge is 0.490 e. The Morgan fingerprint density at radius 3 is 2.45 bits per heavy atom. The van der Waals surface area contributed by atoms with Crippen molar-refractivity contribution in [2.45, 2.75) is 65.2 Å². The fraction of sp³-hybridized carbons (Fsp3) is 0.632. The van der Waals surface area contributed by atoms with Crippen LogP contribution in [0.15, 0.2) is 18.2 Å². The lowest BCUT2D eigenvalue weighted by molar-refractivity contribution is 0.112. The number of ether oxygens (including phenoxy) is 1. The molecule has 0 N–H and O–H groups in total. The van der Waals surface area contributed by atoms with E-state index >= 15 is 0 Å². The highest BCUT2D eigenvalue weighted by Gasteiger charge is 2.11. The van der Waals surface area contributed by atoms with E-state index in [0.717, 1.165) is 12.8 Å². The quantitative estimate of drug-likeness (QED) is 0.360. The van der Waals surface area contributed by atoms with Crippen LogP contribution in [0.4, 0.5) is 4.39 Å². The minimum Gasteiger partial charge on any atom is -0.490 e. The number of unbranched alkanes of at least 4 members (excludes halogenated alkanes) is 4. The van der Waals surface area contributed by atoms with Crippen LogP contribution in [-0.2, 0) is 0 Å². The second kappa shape index (κ2) is 11.2. The van der Waals surface area contributed by atoms with E-state index in [4.69, 9.17) is 4.74 Å². The van der Waals surface area contributed by atoms with Crippen LogP contribution in [-0.4, -0.2) is 12.9 Å². The highest BCUT2D eigenvalue weighted by molar-refractivity contribution is 5.74. The van der Waals surface area contributed by atoms with Gasteiger partial charge >= 0.3 is 0 Å². The van der Waals surface area contributed by atoms with Gasteiger partial charge in [-0.3, -0.25) is 4.79 Å². The predicted octanol–water partition coefficient (Wildman–Crippen LogP) is 5.79. The molecule has 0 saturated heterocycles. The van der Waals surface area contributed by atoms with Crippen molar-refractivity contribution in [2.24, 2.45) is 5.92 Å². The van der Waals surface area contributed by atoms with Gasteiger partial charge in [-0.15, -0.1) is 0 Å². The van der Waals surface area contributed by atoms with E-state index in [-0.39, 0.29) is 5.75 Å². The summed E-state index contributed by atoms with van der Waals surface area (Å²) in [6.07, 6.45) is 10.3. The van der Waals surface area contributed by atoms with E-state index in [1.807, 2.05) is 0 Å². The van der Waals surface area contributed by atoms with Gasteiger partial charge in [0.1, 0.15) is 6.29 Å². The van der Waals surface area contributed by atoms with E-state index in [2.05, 4.69) is 13.8 Å². The lowest BCUT2D eigenvalue weighted by atomic mass is 9.96. The monoisotopic (exact) mass is 308 g/mol. The lowest BCUT2D eigenvalue weighted by Crippen LogP contribution is -2.13. The third-order valence-electron chi connectivity index (χ3n) is 4.00. The van der Waals surface area contributed by atoms with Gasteiger partial charge in [-0.25, -0.2) is 4.39 Å². The Kier molecular flexibility index (Phi) is 9.52. The standard InChI is InChI=1S/C19H29FO2/c1-3-5-7-8-10-16(9-6-4-2)15-22-19-12-11-17(14-21)13-18(19)20/h11-14,16H,3-10,15H2,1-2H3. The molecule has 0 aliphatic rings. The Labute approximate surface area is 134 Å². The topological polar surface area (TPSA) is 26.3 Å². The highest BCUT2D eigenvalue weighted by atomic mass is 19.1. The molecule has 0 saturated carbocycles. The van der Waals surface area contributed by atoms with Crippen LogP contribution in [0.2, 0.25) is 0 Å². The molecule has 0 bridgehead atoms. The summed E-state index contributed by atoms with van der Waals surface area (Å²) in [5.41, 5.74) is 0.340. The average Bonchev–Trinajstić information content (AvgIpc) is 2.54. The molecule has 1 aromatic rings. The van der Waals surface area contributed by atoms with Crippen LogP contribution in [0.3, 0.4) is 0 Å². The smallest absolute Gasteiger partial charge is 0.165 e. The first-order chi connectivity index (χ1) is 10.7. The molecule has 2 nitrogen and oxygen atoms in total. The molecule has 0 heterocycles. The number of halogens is 1. The predicted molar refractivity (Wildman–Crippen MR) is 89.1 cm³/mol. The lowest BCUT2D eigenvalue weighted by Gasteiger charge is -2.18. The van der Waals surface area contributed by atoms with Crippen molar-refractivity contribution < 1.29 is 13.9 Å². The second-order valence-corrected chi connectivity index (χ2v) is 5.98. The van der Waals surface area contributed by atoms with Crippen molar-refractivity contribution in [1.29, 1.82) is 0 Å². The van der Waals surface area contributed by atoms with Gasteiger partial charge in [0.25, 0.3) is 0 Å². The Balaban J connectivity index is 2.48. The number of rotatable bonds is 12. The van der Waals surface area contributed by atoms with E-state index in [9.17, 15) is 9.18 Å². The van der Waals surface area contributed by atoms with Gasteiger partial charge < -0.3 is 4.74 Å². The molecule has 0 amide bonds. The fourth-order valence-corrected chi connectivity index (χ4v) is 2.58. The number of benzene rings is 1. The maximum Gasteiger partial charge on any atom is 0.165 e. The Bertz CT molecular complexity index is 431. The molecule has 3 heteroatoms. The van der Waals surface area contributed by atoms with Crippen molar-refractivity contribution in [3.8, 4) is 5.75 Å². The van der Waals surface area contributed by atoms with Crippen molar-refractivity contribution >= 4 is 6.29 Å². The maximum absolute atomic E-state index is 13.8. The van der Waals surface area contributed by atoms with Crippen LogP contribution < -0.4 is 4.74 Å². The minimum absolute atomic E-state index is 0.251. The van der Waals surface area contributed by atoms with E-state index in [1.54, 1.807) is 12.1 Å². The normalized spacial score (nSPS) is 12.1. The summed E-state index contributed by atoms with van der Waals surface area (Å²) in [6.45, 7) is 4.96. The molecule has 0 fully saturated rings. The van der Waals surface area contributed by atoms with Crippen LogP contribution in [0.5, 0.6) is 5.75 Å². The number of hydrogen-bond acceptors (Lipinski definition) is 2. The number of carbonyl (C=O) groups is 1. The Hall–Kier alpha value is -1.38. The van der Waals surface area contributed by atoms with E-state index < -0.39 is 5.82 Å². The van der Waals surface area contributed by atoms with Gasteiger partial charge in [0.2, 0.25) is 0 Å². The summed E-state index contributed by atoms with van der Waals surface area (Å²) in [5, 5.41) is 0. The Morgan fingerprint density at radius 2 is 1.82 bits per heavy atom. The fourth-order valence-electron chi connectivity index (χ4n) is 2.58. The molecule has 0 spiro atoms. The molecule has 0 aliphatic heterocycles. The first-order valence-corrected chi connectivity index (χ1v) is 8.58. The van der Waals surface area contributed by atoms with Crippen LogP contribution in [0.1, 0.15) is 75.6 Å². The minimum atomic E-state index is -0.454. The maximum atomic E-state index is 13.8. The number of hydrogen-bond donors (Lipinski definition) is 0. The van der Waals surface area contributed by atoms with Crippen molar-refractivity contribution in [3.05, 3.63) is 29.6 Å². The zero-order valence-corrected chi connectivity index (χ0v) is 13.9. The zero-order chi connectivity index (χ0) is 16.2. The molecule has 1 aromatic carbocycles. The third kappa shape index (κ3) is 7.06. The Morgan fingerprint density at radius 1 is 1.09 bits per heavy atom. The summed E-state index contributed by atoms with van der Waals surface area (Å²) in [4.78, 5) is 10.6. The molecule has 0 radical (unpaired) electrons. The van der Waals surface area contributed by atoms with Gasteiger partial charge in [0, 0.05) is 5.56 Å². The second-order valence-electron chi connectivity index (χ2n) is 5.98. The van der Waals surface area contributed by atoms with Gasteiger partial charge in [0.05, 0.1) is 6.61 Å². The van der Waals surface area contributed by atoms with Gasteiger partial charge in [0.15, 0.2) is 11.6 Å². The van der Waals surface area contributed by atoms with Gasteiger partial charge in [-0.05, 0) is 37.0 Å². The summed E-state index contributed by atoms with van der Waals surface area (Å²) in [7, 11) is 0. The molecule has 1 rings (SSSR count). The first-order valence-electron chi connectivity index (χ1n) is 8.58. The average molecular weight is 308 g/mol. The molecule has 124 valence electrons. The van der Waals surface area contributed by atoms with E-state index in [0.29, 0.717) is 24.4 Å². The van der Waals surface area contributed by atoms with E-state index in [1.165, 1.54) is 44.6 Å². The molecular formula is C19H29FO2. The summed E-state index contributed by atoms with van der Waals surface area (Å²) in [6, 6.07) is 4.37. The summed E-state index contributed by atoms with van der Waals surface area (Å²) >= 11 is 0. The van der Waals surface area contributed by atoms with Crippen LogP contribution in [0, 0.1) is 11.7 Å². The third-order valence-corrected chi connectivity index (χ3v) is 4.00.